The number of hydrogen-bond acceptors (Lipinski definition) is 6. The Bertz CT molecular complexity index is 1130. The predicted octanol–water partition coefficient (Wildman–Crippen LogP) is 2.08. The molecule has 1 aliphatic heterocycles. The SMILES string of the molecule is Cc1cc(-n2cc(C(=O)O)c(=O)c3cc(F)c(N4CC[C@H](N)C4)cc32)no1.Cl. The van der Waals surface area contributed by atoms with Crippen LogP contribution in [0.3, 0.4) is 0 Å². The Morgan fingerprint density at radius 1 is 1.39 bits per heavy atom. The van der Waals surface area contributed by atoms with Gasteiger partial charge in [0.15, 0.2) is 5.82 Å². The number of carboxylic acids is 1. The zero-order valence-electron chi connectivity index (χ0n) is 14.9. The van der Waals surface area contributed by atoms with E-state index >= 15 is 0 Å². The van der Waals surface area contributed by atoms with Crippen LogP contribution in [0, 0.1) is 12.7 Å². The summed E-state index contributed by atoms with van der Waals surface area (Å²) in [5.74, 6) is -1.18. The molecule has 1 aliphatic rings. The van der Waals surface area contributed by atoms with Crippen LogP contribution in [0.4, 0.5) is 10.1 Å². The number of anilines is 1. The molecule has 0 amide bonds. The minimum Gasteiger partial charge on any atom is -0.477 e. The van der Waals surface area contributed by atoms with Crippen molar-refractivity contribution in [1.29, 1.82) is 0 Å². The molecule has 3 aromatic rings. The Morgan fingerprint density at radius 2 is 2.14 bits per heavy atom. The average molecular weight is 409 g/mol. The van der Waals surface area contributed by atoms with Crippen LogP contribution in [0.5, 0.6) is 0 Å². The largest absolute Gasteiger partial charge is 0.477 e. The fourth-order valence-corrected chi connectivity index (χ4v) is 3.39. The van der Waals surface area contributed by atoms with E-state index < -0.39 is 22.8 Å². The van der Waals surface area contributed by atoms with Crippen molar-refractivity contribution in [2.75, 3.05) is 18.0 Å². The average Bonchev–Trinajstić information content (AvgIpc) is 3.23. The highest BCUT2D eigenvalue weighted by Crippen LogP contribution is 2.29. The minimum absolute atomic E-state index is 0. The van der Waals surface area contributed by atoms with Gasteiger partial charge in [0.1, 0.15) is 17.1 Å². The van der Waals surface area contributed by atoms with Crippen LogP contribution in [-0.4, -0.2) is 39.9 Å². The summed E-state index contributed by atoms with van der Waals surface area (Å²) in [4.78, 5) is 25.8. The molecule has 1 aromatic carbocycles. The standard InChI is InChI=1S/C18H17FN4O4.ClH/c1-9-4-16(21-27-9)23-8-12(18(25)26)17(24)11-5-13(19)15(6-14(11)23)22-3-2-10(20)7-22;/h4-6,8,10H,2-3,7,20H2,1H3,(H,25,26);1H/t10-;/m0./s1. The monoisotopic (exact) mass is 408 g/mol. The van der Waals surface area contributed by atoms with Crippen LogP contribution in [0.25, 0.3) is 16.7 Å². The van der Waals surface area contributed by atoms with Gasteiger partial charge in [0, 0.05) is 31.4 Å². The molecule has 3 N–H and O–H groups in total. The van der Waals surface area contributed by atoms with Crippen molar-refractivity contribution in [2.24, 2.45) is 5.73 Å². The second-order valence-corrected chi connectivity index (χ2v) is 6.66. The third-order valence-electron chi connectivity index (χ3n) is 4.73. The highest BCUT2D eigenvalue weighted by atomic mass is 35.5. The number of halogens is 2. The van der Waals surface area contributed by atoms with Crippen molar-refractivity contribution >= 4 is 35.0 Å². The molecule has 4 rings (SSSR count). The number of hydrogen-bond donors (Lipinski definition) is 2. The number of nitrogens with zero attached hydrogens (tertiary/aromatic N) is 3. The molecule has 28 heavy (non-hydrogen) atoms. The Balaban J connectivity index is 0.00000225. The van der Waals surface area contributed by atoms with Gasteiger partial charge in [-0.2, -0.15) is 0 Å². The highest BCUT2D eigenvalue weighted by Gasteiger charge is 2.24. The third kappa shape index (κ3) is 3.23. The number of aromatic carboxylic acids is 1. The van der Waals surface area contributed by atoms with E-state index in [4.69, 9.17) is 10.3 Å². The molecular formula is C18H18ClFN4O4. The van der Waals surface area contributed by atoms with Gasteiger partial charge in [0.25, 0.3) is 0 Å². The fraction of sp³-hybridized carbons (Fsp3) is 0.278. The number of nitrogens with two attached hydrogens (primary N) is 1. The Kier molecular flexibility index (Phi) is 5.14. The summed E-state index contributed by atoms with van der Waals surface area (Å²) in [7, 11) is 0. The number of aryl methyl sites for hydroxylation is 1. The molecule has 8 nitrogen and oxygen atoms in total. The number of fused-ring (bicyclic) bond motifs is 1. The molecule has 148 valence electrons. The van der Waals surface area contributed by atoms with Crippen LogP contribution in [0.15, 0.2) is 33.7 Å². The topological polar surface area (TPSA) is 115 Å². The normalized spacial score (nSPS) is 16.4. The van der Waals surface area contributed by atoms with Crippen molar-refractivity contribution in [3.05, 3.63) is 51.8 Å². The molecule has 0 aliphatic carbocycles. The molecule has 0 bridgehead atoms. The van der Waals surface area contributed by atoms with E-state index in [0.717, 1.165) is 12.5 Å². The van der Waals surface area contributed by atoms with Crippen LogP contribution in [-0.2, 0) is 0 Å². The lowest BCUT2D eigenvalue weighted by Crippen LogP contribution is -2.27. The van der Waals surface area contributed by atoms with Crippen molar-refractivity contribution in [2.45, 2.75) is 19.4 Å². The van der Waals surface area contributed by atoms with Crippen molar-refractivity contribution < 1.29 is 18.8 Å². The first-order valence-corrected chi connectivity index (χ1v) is 8.41. The summed E-state index contributed by atoms with van der Waals surface area (Å²) >= 11 is 0. The minimum atomic E-state index is -1.40. The van der Waals surface area contributed by atoms with Crippen molar-refractivity contribution in [3.8, 4) is 5.82 Å². The predicted molar refractivity (Wildman–Crippen MR) is 103 cm³/mol. The lowest BCUT2D eigenvalue weighted by molar-refractivity contribution is 0.0695. The first-order chi connectivity index (χ1) is 12.8. The summed E-state index contributed by atoms with van der Waals surface area (Å²) in [5.41, 5.74) is 5.35. The summed E-state index contributed by atoms with van der Waals surface area (Å²) in [6, 6.07) is 4.16. The zero-order valence-corrected chi connectivity index (χ0v) is 15.7. The number of carboxylic acid groups (broad SMARTS) is 1. The van der Waals surface area contributed by atoms with E-state index in [1.165, 1.54) is 16.8 Å². The van der Waals surface area contributed by atoms with Crippen molar-refractivity contribution in [3.63, 3.8) is 0 Å². The molecular weight excluding hydrogens is 391 g/mol. The number of carbonyl (C=O) groups is 1. The van der Waals surface area contributed by atoms with Gasteiger partial charge in [-0.1, -0.05) is 5.16 Å². The van der Waals surface area contributed by atoms with E-state index in [1.54, 1.807) is 13.0 Å². The van der Waals surface area contributed by atoms with Gasteiger partial charge in [-0.3, -0.25) is 9.36 Å². The van der Waals surface area contributed by atoms with Gasteiger partial charge in [-0.25, -0.2) is 9.18 Å². The lowest BCUT2D eigenvalue weighted by Gasteiger charge is -2.20. The lowest BCUT2D eigenvalue weighted by atomic mass is 10.1. The molecule has 0 saturated carbocycles. The number of benzene rings is 1. The Morgan fingerprint density at radius 3 is 2.71 bits per heavy atom. The molecule has 2 aromatic heterocycles. The van der Waals surface area contributed by atoms with Gasteiger partial charge in [0.05, 0.1) is 16.6 Å². The number of rotatable bonds is 3. The summed E-state index contributed by atoms with van der Waals surface area (Å²) in [6.45, 7) is 2.79. The molecule has 1 fully saturated rings. The van der Waals surface area contributed by atoms with Gasteiger partial charge >= 0.3 is 5.97 Å². The van der Waals surface area contributed by atoms with Gasteiger partial charge in [-0.05, 0) is 25.5 Å². The van der Waals surface area contributed by atoms with E-state index in [-0.39, 0.29) is 23.8 Å². The van der Waals surface area contributed by atoms with E-state index in [1.807, 2.05) is 4.90 Å². The zero-order chi connectivity index (χ0) is 19.3. The smallest absolute Gasteiger partial charge is 0.341 e. The molecule has 10 heteroatoms. The summed E-state index contributed by atoms with van der Waals surface area (Å²) in [6.07, 6.45) is 1.92. The maximum Gasteiger partial charge on any atom is 0.341 e. The molecule has 1 atom stereocenters. The molecule has 1 saturated heterocycles. The van der Waals surface area contributed by atoms with Crippen LogP contribution < -0.4 is 16.1 Å². The van der Waals surface area contributed by atoms with Crippen LogP contribution >= 0.6 is 12.4 Å². The van der Waals surface area contributed by atoms with Gasteiger partial charge in [-0.15, -0.1) is 12.4 Å². The number of aromatic nitrogens is 2. The molecule has 0 radical (unpaired) electrons. The van der Waals surface area contributed by atoms with E-state index in [9.17, 15) is 19.1 Å². The second kappa shape index (κ2) is 7.25. The van der Waals surface area contributed by atoms with Crippen molar-refractivity contribution in [1.82, 2.24) is 9.72 Å². The van der Waals surface area contributed by atoms with Gasteiger partial charge in [0.2, 0.25) is 5.43 Å². The summed E-state index contributed by atoms with van der Waals surface area (Å²) in [5, 5.41) is 13.2. The molecule has 0 spiro atoms. The van der Waals surface area contributed by atoms with Gasteiger partial charge < -0.3 is 20.3 Å². The number of pyridine rings is 1. The van der Waals surface area contributed by atoms with E-state index in [0.29, 0.717) is 35.9 Å². The highest BCUT2D eigenvalue weighted by molar-refractivity contribution is 5.94. The molecule has 3 heterocycles. The quantitative estimate of drug-likeness (QED) is 0.681. The second-order valence-electron chi connectivity index (χ2n) is 6.66. The fourth-order valence-electron chi connectivity index (χ4n) is 3.39. The Labute approximate surface area is 164 Å². The third-order valence-corrected chi connectivity index (χ3v) is 4.73. The van der Waals surface area contributed by atoms with Crippen LogP contribution in [0.1, 0.15) is 22.5 Å². The Hall–Kier alpha value is -2.91. The maximum absolute atomic E-state index is 14.7. The molecule has 0 unspecified atom stereocenters. The van der Waals surface area contributed by atoms with Crippen LogP contribution in [0.2, 0.25) is 0 Å². The first kappa shape index (κ1) is 19.8. The van der Waals surface area contributed by atoms with E-state index in [2.05, 4.69) is 5.16 Å². The summed E-state index contributed by atoms with van der Waals surface area (Å²) < 4.78 is 21.2. The maximum atomic E-state index is 14.7. The first-order valence-electron chi connectivity index (χ1n) is 8.41.